The first-order chi connectivity index (χ1) is 8.83. The van der Waals surface area contributed by atoms with Crippen LogP contribution in [0.1, 0.15) is 45.2 Å². The van der Waals surface area contributed by atoms with Gasteiger partial charge in [0.25, 0.3) is 0 Å². The average molecular weight is 262 g/mol. The zero-order valence-corrected chi connectivity index (χ0v) is 13.5. The molecule has 0 aliphatic carbocycles. The highest BCUT2D eigenvalue weighted by atomic mass is 15.1. The summed E-state index contributed by atoms with van der Waals surface area (Å²) in [5.41, 5.74) is 4.40. The van der Waals surface area contributed by atoms with E-state index < -0.39 is 0 Å². The molecule has 2 nitrogen and oxygen atoms in total. The van der Waals surface area contributed by atoms with Crippen molar-refractivity contribution < 1.29 is 0 Å². The number of nitrogens with zero attached hydrogens (tertiary/aromatic N) is 1. The molecular formula is C17H30N2. The fraction of sp³-hybridized carbons (Fsp3) is 0.647. The van der Waals surface area contributed by atoms with Gasteiger partial charge < -0.3 is 10.2 Å². The number of hydrogen-bond acceptors (Lipinski definition) is 2. The van der Waals surface area contributed by atoms with Crippen LogP contribution in [0.15, 0.2) is 18.2 Å². The minimum Gasteiger partial charge on any atom is -0.374 e. The lowest BCUT2D eigenvalue weighted by molar-refractivity contribution is 0.419. The van der Waals surface area contributed by atoms with Crippen LogP contribution in [0.5, 0.6) is 0 Å². The molecule has 1 aromatic rings. The molecule has 0 heterocycles. The van der Waals surface area contributed by atoms with E-state index in [2.05, 4.69) is 70.1 Å². The quantitative estimate of drug-likeness (QED) is 0.780. The van der Waals surface area contributed by atoms with Gasteiger partial charge in [-0.25, -0.2) is 0 Å². The predicted molar refractivity (Wildman–Crippen MR) is 85.9 cm³/mol. The maximum atomic E-state index is 3.45. The lowest BCUT2D eigenvalue weighted by Gasteiger charge is -2.29. The van der Waals surface area contributed by atoms with Crippen LogP contribution in [0.2, 0.25) is 0 Å². The molecule has 0 unspecified atom stereocenters. The maximum Gasteiger partial charge on any atom is 0.0393 e. The first kappa shape index (κ1) is 16.0. The van der Waals surface area contributed by atoms with Crippen LogP contribution in [0.3, 0.4) is 0 Å². The Bertz CT molecular complexity index is 391. The number of aryl methyl sites for hydroxylation is 1. The van der Waals surface area contributed by atoms with Crippen molar-refractivity contribution in [1.82, 2.24) is 5.32 Å². The van der Waals surface area contributed by atoms with E-state index >= 15 is 0 Å². The SMILES string of the molecule is CCCNCc1ccc(N(C)CC(C)(C)C)c(C)c1. The van der Waals surface area contributed by atoms with Gasteiger partial charge in [-0.15, -0.1) is 0 Å². The fourth-order valence-electron chi connectivity index (χ4n) is 2.46. The zero-order chi connectivity index (χ0) is 14.5. The van der Waals surface area contributed by atoms with Gasteiger partial charge in [-0.3, -0.25) is 0 Å². The Hall–Kier alpha value is -1.02. The van der Waals surface area contributed by atoms with Gasteiger partial charge in [0.15, 0.2) is 0 Å². The van der Waals surface area contributed by atoms with E-state index in [4.69, 9.17) is 0 Å². The molecule has 0 spiro atoms. The Kier molecular flexibility index (Phi) is 5.86. The topological polar surface area (TPSA) is 15.3 Å². The van der Waals surface area contributed by atoms with Crippen LogP contribution < -0.4 is 10.2 Å². The predicted octanol–water partition coefficient (Wildman–Crippen LogP) is 3.98. The molecule has 1 rings (SSSR count). The van der Waals surface area contributed by atoms with Crippen molar-refractivity contribution in [2.24, 2.45) is 5.41 Å². The van der Waals surface area contributed by atoms with Gasteiger partial charge in [-0.05, 0) is 42.5 Å². The van der Waals surface area contributed by atoms with E-state index in [0.29, 0.717) is 5.41 Å². The smallest absolute Gasteiger partial charge is 0.0393 e. The normalized spacial score (nSPS) is 11.7. The van der Waals surface area contributed by atoms with Crippen LogP contribution >= 0.6 is 0 Å². The second-order valence-corrected chi connectivity index (χ2v) is 6.71. The monoisotopic (exact) mass is 262 g/mol. The van der Waals surface area contributed by atoms with Crippen molar-refractivity contribution in [1.29, 1.82) is 0 Å². The summed E-state index contributed by atoms with van der Waals surface area (Å²) in [5, 5.41) is 3.45. The van der Waals surface area contributed by atoms with Gasteiger partial charge in [0, 0.05) is 25.8 Å². The molecule has 0 atom stereocenters. The van der Waals surface area contributed by atoms with E-state index in [-0.39, 0.29) is 0 Å². The molecule has 0 saturated heterocycles. The van der Waals surface area contributed by atoms with Crippen molar-refractivity contribution in [3.63, 3.8) is 0 Å². The molecule has 0 amide bonds. The Morgan fingerprint density at radius 1 is 1.21 bits per heavy atom. The van der Waals surface area contributed by atoms with Crippen molar-refractivity contribution in [2.75, 3.05) is 25.0 Å². The van der Waals surface area contributed by atoms with Gasteiger partial charge >= 0.3 is 0 Å². The highest BCUT2D eigenvalue weighted by molar-refractivity contribution is 5.54. The number of anilines is 1. The van der Waals surface area contributed by atoms with Crippen molar-refractivity contribution in [3.05, 3.63) is 29.3 Å². The molecule has 0 saturated carbocycles. The van der Waals surface area contributed by atoms with Crippen LogP contribution in [-0.4, -0.2) is 20.1 Å². The lowest BCUT2D eigenvalue weighted by atomic mass is 9.95. The van der Waals surface area contributed by atoms with Crippen LogP contribution in [0.25, 0.3) is 0 Å². The molecule has 0 aromatic heterocycles. The molecule has 1 N–H and O–H groups in total. The van der Waals surface area contributed by atoms with Gasteiger partial charge in [0.2, 0.25) is 0 Å². The minimum atomic E-state index is 0.322. The summed E-state index contributed by atoms with van der Waals surface area (Å²) in [6.45, 7) is 14.4. The summed E-state index contributed by atoms with van der Waals surface area (Å²) < 4.78 is 0. The van der Waals surface area contributed by atoms with Gasteiger partial charge in [-0.2, -0.15) is 0 Å². The molecule has 0 bridgehead atoms. The summed E-state index contributed by atoms with van der Waals surface area (Å²) >= 11 is 0. The van der Waals surface area contributed by atoms with Crippen molar-refractivity contribution in [2.45, 2.75) is 47.6 Å². The Balaban J connectivity index is 2.71. The highest BCUT2D eigenvalue weighted by Crippen LogP contribution is 2.24. The van der Waals surface area contributed by atoms with Crippen molar-refractivity contribution in [3.8, 4) is 0 Å². The molecule has 108 valence electrons. The number of nitrogens with one attached hydrogen (secondary N) is 1. The van der Waals surface area contributed by atoms with Crippen LogP contribution in [-0.2, 0) is 6.54 Å². The summed E-state index contributed by atoms with van der Waals surface area (Å²) in [7, 11) is 2.18. The summed E-state index contributed by atoms with van der Waals surface area (Å²) in [6.07, 6.45) is 1.19. The molecule has 19 heavy (non-hydrogen) atoms. The standard InChI is InChI=1S/C17H30N2/c1-7-10-18-12-15-8-9-16(14(2)11-15)19(6)13-17(3,4)5/h8-9,11,18H,7,10,12-13H2,1-6H3. The molecule has 0 aliphatic heterocycles. The van der Waals surface area contributed by atoms with Gasteiger partial charge in [-0.1, -0.05) is 39.8 Å². The largest absolute Gasteiger partial charge is 0.374 e. The molecule has 0 radical (unpaired) electrons. The number of hydrogen-bond donors (Lipinski definition) is 1. The Morgan fingerprint density at radius 3 is 2.42 bits per heavy atom. The van der Waals surface area contributed by atoms with Crippen LogP contribution in [0, 0.1) is 12.3 Å². The third-order valence-corrected chi connectivity index (χ3v) is 3.14. The number of rotatable bonds is 6. The summed E-state index contributed by atoms with van der Waals surface area (Å²) in [4.78, 5) is 2.36. The third kappa shape index (κ3) is 5.65. The van der Waals surface area contributed by atoms with E-state index in [1.165, 1.54) is 23.2 Å². The average Bonchev–Trinajstić information content (AvgIpc) is 2.27. The number of benzene rings is 1. The fourth-order valence-corrected chi connectivity index (χ4v) is 2.46. The van der Waals surface area contributed by atoms with Gasteiger partial charge in [0.05, 0.1) is 0 Å². The highest BCUT2D eigenvalue weighted by Gasteiger charge is 2.15. The maximum absolute atomic E-state index is 3.45. The van der Waals surface area contributed by atoms with Crippen LogP contribution in [0.4, 0.5) is 5.69 Å². The minimum absolute atomic E-state index is 0.322. The molecular weight excluding hydrogens is 232 g/mol. The Labute approximate surface area is 119 Å². The first-order valence-electron chi connectivity index (χ1n) is 7.35. The Morgan fingerprint density at radius 2 is 1.89 bits per heavy atom. The first-order valence-corrected chi connectivity index (χ1v) is 7.35. The summed E-state index contributed by atoms with van der Waals surface area (Å²) in [6, 6.07) is 6.80. The second kappa shape index (κ2) is 6.95. The second-order valence-electron chi connectivity index (χ2n) is 6.71. The summed E-state index contributed by atoms with van der Waals surface area (Å²) in [5.74, 6) is 0. The van der Waals surface area contributed by atoms with E-state index in [9.17, 15) is 0 Å². The molecule has 1 aromatic carbocycles. The van der Waals surface area contributed by atoms with E-state index in [1.54, 1.807) is 0 Å². The van der Waals surface area contributed by atoms with Crippen molar-refractivity contribution >= 4 is 5.69 Å². The third-order valence-electron chi connectivity index (χ3n) is 3.14. The van der Waals surface area contributed by atoms with E-state index in [1.807, 2.05) is 0 Å². The van der Waals surface area contributed by atoms with E-state index in [0.717, 1.165) is 19.6 Å². The van der Waals surface area contributed by atoms with Gasteiger partial charge in [0.1, 0.15) is 0 Å². The lowest BCUT2D eigenvalue weighted by Crippen LogP contribution is -2.29. The molecule has 0 aliphatic rings. The zero-order valence-electron chi connectivity index (χ0n) is 13.5. The molecule has 2 heteroatoms. The molecule has 0 fully saturated rings.